The lowest BCUT2D eigenvalue weighted by Crippen LogP contribution is -2.27. The number of likely N-dealkylation sites (tertiary alicyclic amines) is 1. The summed E-state index contributed by atoms with van der Waals surface area (Å²) in [4.78, 5) is 26.4. The number of benzene rings is 1. The summed E-state index contributed by atoms with van der Waals surface area (Å²) in [6.45, 7) is 6.21. The zero-order valence-electron chi connectivity index (χ0n) is 18.2. The number of fused-ring (bicyclic) bond motifs is 1. The Morgan fingerprint density at radius 2 is 2.10 bits per heavy atom. The van der Waals surface area contributed by atoms with Gasteiger partial charge in [0.25, 0.3) is 5.91 Å². The van der Waals surface area contributed by atoms with Crippen molar-refractivity contribution in [1.82, 2.24) is 24.3 Å². The number of amides is 1. The van der Waals surface area contributed by atoms with Gasteiger partial charge in [-0.3, -0.25) is 9.78 Å². The molecule has 3 aromatic rings. The lowest BCUT2D eigenvalue weighted by atomic mass is 9.99. The van der Waals surface area contributed by atoms with Crippen molar-refractivity contribution in [2.75, 3.05) is 26.7 Å². The maximum Gasteiger partial charge on any atom is 0.255 e. The van der Waals surface area contributed by atoms with E-state index in [1.165, 1.54) is 25.9 Å². The number of para-hydroxylation sites is 2. The fraction of sp³-hybridized carbons (Fsp3) is 0.458. The molecular weight excluding hydrogens is 374 g/mol. The summed E-state index contributed by atoms with van der Waals surface area (Å²) in [5, 5.41) is 0. The molecule has 1 aliphatic rings. The molecule has 0 N–H and O–H groups in total. The number of imidazole rings is 1. The van der Waals surface area contributed by atoms with Crippen LogP contribution in [0.4, 0.5) is 0 Å². The Bertz CT molecular complexity index is 1030. The van der Waals surface area contributed by atoms with Gasteiger partial charge >= 0.3 is 0 Å². The van der Waals surface area contributed by atoms with Gasteiger partial charge in [-0.1, -0.05) is 19.1 Å². The van der Waals surface area contributed by atoms with Crippen LogP contribution in [0.25, 0.3) is 11.0 Å². The van der Waals surface area contributed by atoms with Crippen LogP contribution in [0, 0.1) is 5.92 Å². The summed E-state index contributed by atoms with van der Waals surface area (Å²) in [7, 11) is 3.82. The normalized spacial score (nSPS) is 17.0. The second-order valence-corrected chi connectivity index (χ2v) is 8.48. The number of hydrogen-bond donors (Lipinski definition) is 0. The minimum Gasteiger partial charge on any atom is -0.334 e. The third-order valence-electron chi connectivity index (χ3n) is 6.08. The number of aryl methyl sites for hydroxylation is 1. The minimum atomic E-state index is -0.0181. The summed E-state index contributed by atoms with van der Waals surface area (Å²) in [5.41, 5.74) is 3.83. The first kappa shape index (κ1) is 20.5. The molecule has 1 fully saturated rings. The van der Waals surface area contributed by atoms with E-state index < -0.39 is 0 Å². The fourth-order valence-electron chi connectivity index (χ4n) is 4.49. The molecule has 0 saturated carbocycles. The summed E-state index contributed by atoms with van der Waals surface area (Å²) in [5.74, 6) is 1.51. The van der Waals surface area contributed by atoms with E-state index in [0.717, 1.165) is 35.4 Å². The maximum atomic E-state index is 13.0. The summed E-state index contributed by atoms with van der Waals surface area (Å²) < 4.78 is 2.05. The van der Waals surface area contributed by atoms with Crippen molar-refractivity contribution in [1.29, 1.82) is 0 Å². The Balaban J connectivity index is 1.42. The van der Waals surface area contributed by atoms with Crippen molar-refractivity contribution in [3.63, 3.8) is 0 Å². The molecule has 1 saturated heterocycles. The van der Waals surface area contributed by atoms with Crippen LogP contribution in [0.5, 0.6) is 0 Å². The molecule has 158 valence electrons. The van der Waals surface area contributed by atoms with Crippen LogP contribution in [-0.2, 0) is 20.0 Å². The Labute approximate surface area is 178 Å². The summed E-state index contributed by atoms with van der Waals surface area (Å²) >= 11 is 0. The Kier molecular flexibility index (Phi) is 6.13. The maximum absolute atomic E-state index is 13.0. The quantitative estimate of drug-likeness (QED) is 0.604. The van der Waals surface area contributed by atoms with Gasteiger partial charge in [-0.2, -0.15) is 0 Å². The van der Waals surface area contributed by atoms with Crippen LogP contribution in [0.3, 0.4) is 0 Å². The number of aromatic nitrogens is 3. The van der Waals surface area contributed by atoms with Crippen LogP contribution < -0.4 is 0 Å². The third kappa shape index (κ3) is 4.38. The Morgan fingerprint density at radius 1 is 1.27 bits per heavy atom. The second kappa shape index (κ2) is 8.96. The van der Waals surface area contributed by atoms with Crippen molar-refractivity contribution in [2.24, 2.45) is 13.0 Å². The predicted octanol–water partition coefficient (Wildman–Crippen LogP) is 3.51. The molecular formula is C24H31N5O. The number of pyridine rings is 1. The van der Waals surface area contributed by atoms with E-state index >= 15 is 0 Å². The molecule has 1 aromatic carbocycles. The van der Waals surface area contributed by atoms with Crippen LogP contribution in [0.15, 0.2) is 42.7 Å². The molecule has 3 heterocycles. The molecule has 1 unspecified atom stereocenters. The zero-order chi connectivity index (χ0) is 21.1. The van der Waals surface area contributed by atoms with Crippen LogP contribution in [0.1, 0.15) is 41.5 Å². The Morgan fingerprint density at radius 3 is 2.90 bits per heavy atom. The minimum absolute atomic E-state index is 0.0181. The van der Waals surface area contributed by atoms with Gasteiger partial charge in [0.05, 0.1) is 23.1 Å². The monoisotopic (exact) mass is 405 g/mol. The molecule has 6 heteroatoms. The molecule has 0 aliphatic carbocycles. The van der Waals surface area contributed by atoms with Crippen LogP contribution in [0.2, 0.25) is 0 Å². The molecule has 6 nitrogen and oxygen atoms in total. The zero-order valence-corrected chi connectivity index (χ0v) is 18.2. The highest BCUT2D eigenvalue weighted by atomic mass is 16.2. The summed E-state index contributed by atoms with van der Waals surface area (Å²) in [6.07, 6.45) is 7.00. The van der Waals surface area contributed by atoms with Crippen molar-refractivity contribution in [3.8, 4) is 0 Å². The van der Waals surface area contributed by atoms with E-state index in [2.05, 4.69) is 26.4 Å². The van der Waals surface area contributed by atoms with Gasteiger partial charge in [-0.25, -0.2) is 4.98 Å². The number of hydrogen-bond acceptors (Lipinski definition) is 4. The highest BCUT2D eigenvalue weighted by Gasteiger charge is 2.23. The van der Waals surface area contributed by atoms with E-state index in [1.807, 2.05) is 50.6 Å². The van der Waals surface area contributed by atoms with Gasteiger partial charge in [-0.15, -0.1) is 0 Å². The Hall–Kier alpha value is -2.73. The van der Waals surface area contributed by atoms with Crippen molar-refractivity contribution in [3.05, 3.63) is 59.7 Å². The van der Waals surface area contributed by atoms with Gasteiger partial charge in [0.2, 0.25) is 0 Å². The van der Waals surface area contributed by atoms with E-state index in [4.69, 9.17) is 0 Å². The number of nitrogens with zero attached hydrogens (tertiary/aromatic N) is 5. The molecule has 2 aromatic heterocycles. The SMILES string of the molecule is CCCN1CCC(Cc2cncc(C(=O)N(C)Cc3nc4ccccc4n3C)c2)C1. The topological polar surface area (TPSA) is 54.3 Å². The molecule has 0 spiro atoms. The van der Waals surface area contributed by atoms with Crippen molar-refractivity contribution >= 4 is 16.9 Å². The predicted molar refractivity (Wildman–Crippen MR) is 119 cm³/mol. The average Bonchev–Trinajstić information content (AvgIpc) is 3.32. The molecule has 0 radical (unpaired) electrons. The number of carbonyl (C=O) groups excluding carboxylic acids is 1. The van der Waals surface area contributed by atoms with Gasteiger partial charge in [0, 0.05) is 33.0 Å². The first-order valence-electron chi connectivity index (χ1n) is 10.9. The molecule has 1 amide bonds. The van der Waals surface area contributed by atoms with E-state index in [0.29, 0.717) is 18.0 Å². The first-order valence-corrected chi connectivity index (χ1v) is 10.9. The summed E-state index contributed by atoms with van der Waals surface area (Å²) in [6, 6.07) is 10.1. The van der Waals surface area contributed by atoms with Gasteiger partial charge in [0.15, 0.2) is 0 Å². The lowest BCUT2D eigenvalue weighted by Gasteiger charge is -2.18. The van der Waals surface area contributed by atoms with E-state index in [9.17, 15) is 4.79 Å². The number of rotatable bonds is 7. The molecule has 0 bridgehead atoms. The fourth-order valence-corrected chi connectivity index (χ4v) is 4.49. The van der Waals surface area contributed by atoms with Gasteiger partial charge in [0.1, 0.15) is 5.82 Å². The van der Waals surface area contributed by atoms with Crippen molar-refractivity contribution in [2.45, 2.75) is 32.7 Å². The number of carbonyl (C=O) groups is 1. The van der Waals surface area contributed by atoms with Crippen LogP contribution in [-0.4, -0.2) is 56.9 Å². The van der Waals surface area contributed by atoms with Gasteiger partial charge in [-0.05, 0) is 62.0 Å². The molecule has 30 heavy (non-hydrogen) atoms. The second-order valence-electron chi connectivity index (χ2n) is 8.48. The van der Waals surface area contributed by atoms with E-state index in [-0.39, 0.29) is 5.91 Å². The molecule has 1 aliphatic heterocycles. The first-order chi connectivity index (χ1) is 14.5. The third-order valence-corrected chi connectivity index (χ3v) is 6.08. The van der Waals surface area contributed by atoms with Gasteiger partial charge < -0.3 is 14.4 Å². The average molecular weight is 406 g/mol. The van der Waals surface area contributed by atoms with E-state index in [1.54, 1.807) is 11.1 Å². The van der Waals surface area contributed by atoms with Crippen LogP contribution >= 0.6 is 0 Å². The highest BCUT2D eigenvalue weighted by Crippen LogP contribution is 2.22. The standard InChI is InChI=1S/C24H31N5O/c1-4-10-29-11-9-18(16-29)12-19-13-20(15-25-14-19)24(30)27(2)17-23-26-21-7-5-6-8-22(21)28(23)3/h5-8,13-15,18H,4,9-12,16-17H2,1-3H3. The molecule has 4 rings (SSSR count). The molecule has 1 atom stereocenters. The van der Waals surface area contributed by atoms with Crippen molar-refractivity contribution < 1.29 is 4.79 Å². The largest absolute Gasteiger partial charge is 0.334 e. The highest BCUT2D eigenvalue weighted by molar-refractivity contribution is 5.93. The smallest absolute Gasteiger partial charge is 0.255 e. The lowest BCUT2D eigenvalue weighted by molar-refractivity contribution is 0.0780.